The van der Waals surface area contributed by atoms with Crippen molar-refractivity contribution in [2.24, 2.45) is 5.41 Å². The Balaban J connectivity index is 2.15. The zero-order chi connectivity index (χ0) is 20.9. The molecule has 0 bridgehead atoms. The van der Waals surface area contributed by atoms with Gasteiger partial charge in [0.2, 0.25) is 5.91 Å². The fourth-order valence-electron chi connectivity index (χ4n) is 2.22. The Morgan fingerprint density at radius 2 is 1.75 bits per heavy atom. The van der Waals surface area contributed by atoms with Crippen LogP contribution in [0, 0.1) is 12.3 Å². The fraction of sp³-hybridized carbons (Fsp3) is 0.286. The largest absolute Gasteiger partial charge is 0.482 e. The zero-order valence-electron chi connectivity index (χ0n) is 16.3. The Morgan fingerprint density at radius 3 is 2.39 bits per heavy atom. The summed E-state index contributed by atoms with van der Waals surface area (Å²) in [5.74, 6) is -1.31. The summed E-state index contributed by atoms with van der Waals surface area (Å²) in [7, 11) is 0. The summed E-state index contributed by atoms with van der Waals surface area (Å²) in [5, 5.41) is 14.3. The van der Waals surface area contributed by atoms with Crippen LogP contribution in [0.5, 0.6) is 5.75 Å². The van der Waals surface area contributed by atoms with Crippen LogP contribution in [0.1, 0.15) is 36.7 Å². The molecule has 0 fully saturated rings. The summed E-state index contributed by atoms with van der Waals surface area (Å²) in [6.45, 7) is 6.81. The molecule has 0 aliphatic carbocycles. The highest BCUT2D eigenvalue weighted by molar-refractivity contribution is 6.05. The molecule has 0 saturated heterocycles. The van der Waals surface area contributed by atoms with Gasteiger partial charge in [0.25, 0.3) is 5.91 Å². The molecule has 0 spiro atoms. The number of aliphatic carboxylic acids is 1. The summed E-state index contributed by atoms with van der Waals surface area (Å²) in [4.78, 5) is 35.4. The predicted molar refractivity (Wildman–Crippen MR) is 107 cm³/mol. The average Bonchev–Trinajstić information content (AvgIpc) is 2.62. The molecule has 3 N–H and O–H groups in total. The van der Waals surface area contributed by atoms with Crippen molar-refractivity contribution in [1.82, 2.24) is 0 Å². The lowest BCUT2D eigenvalue weighted by atomic mass is 9.95. The molecule has 7 nitrogen and oxygen atoms in total. The van der Waals surface area contributed by atoms with Crippen molar-refractivity contribution in [2.75, 3.05) is 17.2 Å². The quantitative estimate of drug-likeness (QED) is 0.704. The first-order valence-electron chi connectivity index (χ1n) is 8.74. The van der Waals surface area contributed by atoms with Crippen molar-refractivity contribution in [3.05, 3.63) is 53.6 Å². The van der Waals surface area contributed by atoms with E-state index in [1.54, 1.807) is 36.4 Å². The molecular weight excluding hydrogens is 360 g/mol. The molecule has 2 aromatic rings. The average molecular weight is 384 g/mol. The molecule has 148 valence electrons. The van der Waals surface area contributed by atoms with Gasteiger partial charge in [-0.2, -0.15) is 0 Å². The van der Waals surface area contributed by atoms with E-state index in [1.807, 2.05) is 27.7 Å². The second kappa shape index (κ2) is 8.56. The topological polar surface area (TPSA) is 105 Å². The molecule has 0 aliphatic heterocycles. The number of aryl methyl sites for hydroxylation is 1. The van der Waals surface area contributed by atoms with Crippen molar-refractivity contribution in [1.29, 1.82) is 0 Å². The summed E-state index contributed by atoms with van der Waals surface area (Å²) in [6.07, 6.45) is 0. The smallest absolute Gasteiger partial charge is 0.341 e. The van der Waals surface area contributed by atoms with Crippen molar-refractivity contribution in [3.63, 3.8) is 0 Å². The summed E-state index contributed by atoms with van der Waals surface area (Å²) in [5.41, 5.74) is 1.77. The van der Waals surface area contributed by atoms with Crippen LogP contribution in [0.3, 0.4) is 0 Å². The molecule has 0 radical (unpaired) electrons. The number of rotatable bonds is 6. The fourth-order valence-corrected chi connectivity index (χ4v) is 2.22. The highest BCUT2D eigenvalue weighted by atomic mass is 16.5. The number of anilines is 2. The maximum Gasteiger partial charge on any atom is 0.341 e. The Morgan fingerprint density at radius 1 is 1.04 bits per heavy atom. The molecule has 2 aromatic carbocycles. The number of amides is 2. The molecule has 7 heteroatoms. The van der Waals surface area contributed by atoms with Gasteiger partial charge in [-0.25, -0.2) is 4.79 Å². The SMILES string of the molecule is Cc1ccc(NC(=O)C(C)(C)C)cc1NC(=O)c1cccc(OCC(=O)O)c1. The van der Waals surface area contributed by atoms with Crippen LogP contribution in [0.15, 0.2) is 42.5 Å². The maximum absolute atomic E-state index is 12.6. The van der Waals surface area contributed by atoms with Crippen LogP contribution < -0.4 is 15.4 Å². The van der Waals surface area contributed by atoms with Crippen LogP contribution in [0.25, 0.3) is 0 Å². The van der Waals surface area contributed by atoms with Crippen molar-refractivity contribution >= 4 is 29.2 Å². The van der Waals surface area contributed by atoms with E-state index in [-0.39, 0.29) is 17.6 Å². The van der Waals surface area contributed by atoms with Gasteiger partial charge in [-0.1, -0.05) is 32.9 Å². The first-order chi connectivity index (χ1) is 13.1. The maximum atomic E-state index is 12.6. The van der Waals surface area contributed by atoms with Crippen LogP contribution in [0.4, 0.5) is 11.4 Å². The summed E-state index contributed by atoms with van der Waals surface area (Å²) < 4.78 is 5.10. The van der Waals surface area contributed by atoms with Gasteiger partial charge in [-0.15, -0.1) is 0 Å². The van der Waals surface area contributed by atoms with Crippen molar-refractivity contribution in [3.8, 4) is 5.75 Å². The molecule has 0 unspecified atom stereocenters. The third-order valence-corrected chi connectivity index (χ3v) is 3.88. The number of ether oxygens (including phenoxy) is 1. The number of hydrogen-bond donors (Lipinski definition) is 3. The molecule has 0 atom stereocenters. The number of nitrogens with one attached hydrogen (secondary N) is 2. The number of carboxylic acid groups (broad SMARTS) is 1. The van der Waals surface area contributed by atoms with E-state index in [1.165, 1.54) is 6.07 Å². The Hall–Kier alpha value is -3.35. The first kappa shape index (κ1) is 21.0. The van der Waals surface area contributed by atoms with E-state index in [0.29, 0.717) is 16.9 Å². The normalized spacial score (nSPS) is 10.9. The lowest BCUT2D eigenvalue weighted by molar-refractivity contribution is -0.139. The van der Waals surface area contributed by atoms with Crippen LogP contribution in [0.2, 0.25) is 0 Å². The zero-order valence-corrected chi connectivity index (χ0v) is 16.3. The Bertz CT molecular complexity index is 900. The standard InChI is InChI=1S/C21H24N2O5/c1-13-8-9-15(22-20(27)21(2,3)4)11-17(13)23-19(26)14-6-5-7-16(10-14)28-12-18(24)25/h5-11H,12H2,1-4H3,(H,22,27)(H,23,26)(H,24,25). The van der Waals surface area contributed by atoms with E-state index < -0.39 is 18.0 Å². The highest BCUT2D eigenvalue weighted by Gasteiger charge is 2.21. The molecule has 0 saturated carbocycles. The van der Waals surface area contributed by atoms with Gasteiger partial charge in [-0.3, -0.25) is 9.59 Å². The molecular formula is C21H24N2O5. The molecule has 28 heavy (non-hydrogen) atoms. The number of hydrogen-bond acceptors (Lipinski definition) is 4. The summed E-state index contributed by atoms with van der Waals surface area (Å²) >= 11 is 0. The van der Waals surface area contributed by atoms with E-state index in [2.05, 4.69) is 10.6 Å². The third-order valence-electron chi connectivity index (χ3n) is 3.88. The second-order valence-electron chi connectivity index (χ2n) is 7.40. The number of carboxylic acids is 1. The monoisotopic (exact) mass is 384 g/mol. The predicted octanol–water partition coefficient (Wildman–Crippen LogP) is 3.70. The van der Waals surface area contributed by atoms with Crippen LogP contribution >= 0.6 is 0 Å². The van der Waals surface area contributed by atoms with Crippen LogP contribution in [-0.2, 0) is 9.59 Å². The third kappa shape index (κ3) is 5.84. The van der Waals surface area contributed by atoms with Gasteiger partial charge >= 0.3 is 5.97 Å². The number of benzene rings is 2. The Labute approximate surface area is 163 Å². The number of carbonyl (C=O) groups is 3. The van der Waals surface area contributed by atoms with Gasteiger partial charge in [0.1, 0.15) is 5.75 Å². The van der Waals surface area contributed by atoms with Gasteiger partial charge in [0.15, 0.2) is 6.61 Å². The van der Waals surface area contributed by atoms with Crippen molar-refractivity contribution in [2.45, 2.75) is 27.7 Å². The van der Waals surface area contributed by atoms with Gasteiger partial charge in [0, 0.05) is 22.4 Å². The van der Waals surface area contributed by atoms with E-state index in [4.69, 9.17) is 9.84 Å². The molecule has 2 amide bonds. The first-order valence-corrected chi connectivity index (χ1v) is 8.74. The highest BCUT2D eigenvalue weighted by Crippen LogP contribution is 2.24. The molecule has 0 aliphatic rings. The van der Waals surface area contributed by atoms with Gasteiger partial charge in [-0.05, 0) is 42.8 Å². The molecule has 0 aromatic heterocycles. The van der Waals surface area contributed by atoms with Gasteiger partial charge < -0.3 is 20.5 Å². The lowest BCUT2D eigenvalue weighted by Gasteiger charge is -2.18. The van der Waals surface area contributed by atoms with E-state index >= 15 is 0 Å². The van der Waals surface area contributed by atoms with E-state index in [0.717, 1.165) is 5.56 Å². The van der Waals surface area contributed by atoms with E-state index in [9.17, 15) is 14.4 Å². The van der Waals surface area contributed by atoms with Crippen LogP contribution in [-0.4, -0.2) is 29.5 Å². The number of carbonyl (C=O) groups excluding carboxylic acids is 2. The molecule has 2 rings (SSSR count). The second-order valence-corrected chi connectivity index (χ2v) is 7.40. The minimum atomic E-state index is -1.10. The minimum Gasteiger partial charge on any atom is -0.482 e. The Kier molecular flexibility index (Phi) is 6.41. The van der Waals surface area contributed by atoms with Crippen molar-refractivity contribution < 1.29 is 24.2 Å². The molecule has 0 heterocycles. The minimum absolute atomic E-state index is 0.128. The summed E-state index contributed by atoms with van der Waals surface area (Å²) in [6, 6.07) is 11.5. The van der Waals surface area contributed by atoms with Gasteiger partial charge in [0.05, 0.1) is 0 Å². The lowest BCUT2D eigenvalue weighted by Crippen LogP contribution is -2.27.